The number of urea groups is 1. The maximum atomic E-state index is 12.0. The Morgan fingerprint density at radius 3 is 2.44 bits per heavy atom. The van der Waals surface area contributed by atoms with E-state index in [0.717, 1.165) is 5.56 Å². The van der Waals surface area contributed by atoms with E-state index in [0.29, 0.717) is 5.95 Å². The lowest BCUT2D eigenvalue weighted by Crippen LogP contribution is -2.45. The molecule has 0 fully saturated rings. The molecule has 0 unspecified atom stereocenters. The van der Waals surface area contributed by atoms with Gasteiger partial charge in [-0.05, 0) is 18.6 Å². The van der Waals surface area contributed by atoms with E-state index >= 15 is 0 Å². The molecule has 0 saturated carbocycles. The van der Waals surface area contributed by atoms with Crippen molar-refractivity contribution in [3.8, 4) is 0 Å². The molecule has 9 heteroatoms. The maximum Gasteiger partial charge on any atom is 0.326 e. The second-order valence-electron chi connectivity index (χ2n) is 5.69. The predicted molar refractivity (Wildman–Crippen MR) is 97.7 cm³/mol. The third kappa shape index (κ3) is 6.73. The number of nitrogens with one attached hydrogen (secondary N) is 2. The van der Waals surface area contributed by atoms with E-state index in [1.807, 2.05) is 30.3 Å². The third-order valence-corrected chi connectivity index (χ3v) is 3.47. The standard InChI is InChI=1S/C18H21N5O4/c1-13(27-15(24)12-23(2)17-19-9-6-10-20-17)16(25)22-18(26)21-11-14-7-4-3-5-8-14/h3-10,13H,11-12H2,1-2H3,(H2,21,22,25,26)/t13-/m0/s1. The first-order valence-corrected chi connectivity index (χ1v) is 8.26. The van der Waals surface area contributed by atoms with Gasteiger partial charge in [0, 0.05) is 26.0 Å². The molecule has 0 bridgehead atoms. The normalized spacial score (nSPS) is 11.2. The Kier molecular flexibility index (Phi) is 7.24. The molecule has 0 spiro atoms. The minimum Gasteiger partial charge on any atom is -0.451 e. The molecule has 1 atom stereocenters. The number of ether oxygens (including phenoxy) is 1. The molecule has 27 heavy (non-hydrogen) atoms. The summed E-state index contributed by atoms with van der Waals surface area (Å²) in [5.41, 5.74) is 0.894. The van der Waals surface area contributed by atoms with Crippen LogP contribution in [0.1, 0.15) is 12.5 Å². The van der Waals surface area contributed by atoms with Crippen LogP contribution in [-0.4, -0.2) is 47.6 Å². The summed E-state index contributed by atoms with van der Waals surface area (Å²) < 4.78 is 5.04. The number of benzene rings is 1. The summed E-state index contributed by atoms with van der Waals surface area (Å²) >= 11 is 0. The second-order valence-corrected chi connectivity index (χ2v) is 5.69. The lowest BCUT2D eigenvalue weighted by Gasteiger charge is -2.18. The number of hydrogen-bond donors (Lipinski definition) is 2. The number of carbonyl (C=O) groups excluding carboxylic acids is 3. The van der Waals surface area contributed by atoms with Crippen LogP contribution in [-0.2, 0) is 20.9 Å². The van der Waals surface area contributed by atoms with Crippen LogP contribution >= 0.6 is 0 Å². The van der Waals surface area contributed by atoms with Crippen LogP contribution in [0.15, 0.2) is 48.8 Å². The van der Waals surface area contributed by atoms with E-state index in [2.05, 4.69) is 20.6 Å². The molecule has 0 aliphatic carbocycles. The Morgan fingerprint density at radius 1 is 1.11 bits per heavy atom. The monoisotopic (exact) mass is 371 g/mol. The van der Waals surface area contributed by atoms with Gasteiger partial charge in [0.15, 0.2) is 6.10 Å². The van der Waals surface area contributed by atoms with Crippen LogP contribution in [0.25, 0.3) is 0 Å². The molecule has 1 aromatic carbocycles. The third-order valence-electron chi connectivity index (χ3n) is 3.47. The topological polar surface area (TPSA) is 114 Å². The zero-order valence-electron chi connectivity index (χ0n) is 15.1. The van der Waals surface area contributed by atoms with Crippen molar-refractivity contribution in [2.24, 2.45) is 0 Å². The highest BCUT2D eigenvalue weighted by Crippen LogP contribution is 2.03. The first-order valence-electron chi connectivity index (χ1n) is 8.26. The molecule has 1 heterocycles. The highest BCUT2D eigenvalue weighted by atomic mass is 16.5. The summed E-state index contributed by atoms with van der Waals surface area (Å²) in [4.78, 5) is 45.2. The quantitative estimate of drug-likeness (QED) is 0.694. The minimum atomic E-state index is -1.12. The molecule has 0 saturated heterocycles. The average molecular weight is 371 g/mol. The second kappa shape index (κ2) is 9.85. The number of rotatable bonds is 7. The molecule has 142 valence electrons. The van der Waals surface area contributed by atoms with E-state index in [-0.39, 0.29) is 13.1 Å². The van der Waals surface area contributed by atoms with Gasteiger partial charge in [-0.15, -0.1) is 0 Å². The Morgan fingerprint density at radius 2 is 1.78 bits per heavy atom. The summed E-state index contributed by atoms with van der Waals surface area (Å²) in [5, 5.41) is 4.69. The predicted octanol–water partition coefficient (Wildman–Crippen LogP) is 0.871. The van der Waals surface area contributed by atoms with E-state index in [9.17, 15) is 14.4 Å². The molecule has 0 aliphatic heterocycles. The van der Waals surface area contributed by atoms with E-state index in [1.165, 1.54) is 11.8 Å². The Labute approximate surface area is 156 Å². The zero-order valence-corrected chi connectivity index (χ0v) is 15.1. The highest BCUT2D eigenvalue weighted by Gasteiger charge is 2.21. The van der Waals surface area contributed by atoms with Gasteiger partial charge < -0.3 is 15.0 Å². The number of amides is 3. The molecule has 2 rings (SSSR count). The number of nitrogens with zero attached hydrogens (tertiary/aromatic N) is 3. The molecule has 1 aromatic heterocycles. The van der Waals surface area contributed by atoms with Crippen LogP contribution in [0, 0.1) is 0 Å². The summed E-state index contributed by atoms with van der Waals surface area (Å²) in [6.07, 6.45) is 1.98. The Bertz CT molecular complexity index is 770. The fourth-order valence-corrected chi connectivity index (χ4v) is 2.08. The van der Waals surface area contributed by atoms with Crippen molar-refractivity contribution in [2.75, 3.05) is 18.5 Å². The van der Waals surface area contributed by atoms with Crippen molar-refractivity contribution < 1.29 is 19.1 Å². The van der Waals surface area contributed by atoms with Crippen LogP contribution in [0.3, 0.4) is 0 Å². The molecule has 3 amide bonds. The maximum absolute atomic E-state index is 12.0. The number of esters is 1. The van der Waals surface area contributed by atoms with Crippen LogP contribution in [0.5, 0.6) is 0 Å². The Hall–Kier alpha value is -3.49. The first kappa shape index (κ1) is 19.8. The van der Waals surface area contributed by atoms with Crippen LogP contribution in [0.4, 0.5) is 10.7 Å². The fourth-order valence-electron chi connectivity index (χ4n) is 2.08. The molecule has 2 N–H and O–H groups in total. The van der Waals surface area contributed by atoms with Gasteiger partial charge >= 0.3 is 12.0 Å². The summed E-state index contributed by atoms with van der Waals surface area (Å²) in [6, 6.07) is 10.2. The largest absolute Gasteiger partial charge is 0.451 e. The van der Waals surface area contributed by atoms with Gasteiger partial charge in [0.25, 0.3) is 5.91 Å². The summed E-state index contributed by atoms with van der Waals surface area (Å²) in [6.45, 7) is 1.52. The molecule has 0 aliphatic rings. The van der Waals surface area contributed by atoms with Crippen molar-refractivity contribution in [2.45, 2.75) is 19.6 Å². The number of anilines is 1. The van der Waals surface area contributed by atoms with Crippen molar-refractivity contribution in [1.29, 1.82) is 0 Å². The van der Waals surface area contributed by atoms with Gasteiger partial charge in [0.2, 0.25) is 5.95 Å². The van der Waals surface area contributed by atoms with Crippen molar-refractivity contribution >= 4 is 23.9 Å². The molecule has 2 aromatic rings. The summed E-state index contributed by atoms with van der Waals surface area (Å²) in [7, 11) is 1.62. The lowest BCUT2D eigenvalue weighted by molar-refractivity contribution is -0.153. The van der Waals surface area contributed by atoms with E-state index in [1.54, 1.807) is 25.5 Å². The van der Waals surface area contributed by atoms with Crippen LogP contribution < -0.4 is 15.5 Å². The Balaban J connectivity index is 1.74. The van der Waals surface area contributed by atoms with Gasteiger partial charge in [0.05, 0.1) is 0 Å². The number of imide groups is 1. The molecule has 9 nitrogen and oxygen atoms in total. The summed E-state index contributed by atoms with van der Waals surface area (Å²) in [5.74, 6) is -1.00. The van der Waals surface area contributed by atoms with Gasteiger partial charge in [-0.3, -0.25) is 14.9 Å². The first-order chi connectivity index (χ1) is 13.0. The number of hydrogen-bond acceptors (Lipinski definition) is 7. The van der Waals surface area contributed by atoms with Gasteiger partial charge in [0.1, 0.15) is 6.54 Å². The average Bonchev–Trinajstić information content (AvgIpc) is 2.67. The number of carbonyl (C=O) groups is 3. The lowest BCUT2D eigenvalue weighted by atomic mass is 10.2. The van der Waals surface area contributed by atoms with Gasteiger partial charge in [-0.1, -0.05) is 30.3 Å². The van der Waals surface area contributed by atoms with Gasteiger partial charge in [-0.25, -0.2) is 14.8 Å². The van der Waals surface area contributed by atoms with Crippen molar-refractivity contribution in [3.63, 3.8) is 0 Å². The number of likely N-dealkylation sites (N-methyl/N-ethyl adjacent to an activating group) is 1. The SMILES string of the molecule is C[C@H](OC(=O)CN(C)c1ncccn1)C(=O)NC(=O)NCc1ccccc1. The molecular weight excluding hydrogens is 350 g/mol. The van der Waals surface area contributed by atoms with Crippen molar-refractivity contribution in [1.82, 2.24) is 20.6 Å². The highest BCUT2D eigenvalue weighted by molar-refractivity contribution is 5.97. The minimum absolute atomic E-state index is 0.137. The number of aromatic nitrogens is 2. The smallest absolute Gasteiger partial charge is 0.326 e. The van der Waals surface area contributed by atoms with Gasteiger partial charge in [-0.2, -0.15) is 0 Å². The van der Waals surface area contributed by atoms with E-state index in [4.69, 9.17) is 4.74 Å². The van der Waals surface area contributed by atoms with E-state index < -0.39 is 24.0 Å². The molecular formula is C18H21N5O4. The van der Waals surface area contributed by atoms with Crippen molar-refractivity contribution in [3.05, 3.63) is 54.4 Å². The fraction of sp³-hybridized carbons (Fsp3) is 0.278. The zero-order chi connectivity index (χ0) is 19.6. The van der Waals surface area contributed by atoms with Crippen LogP contribution in [0.2, 0.25) is 0 Å². The molecule has 0 radical (unpaired) electrons.